The van der Waals surface area contributed by atoms with Gasteiger partial charge in [-0.2, -0.15) is 0 Å². The van der Waals surface area contributed by atoms with Gasteiger partial charge in [-0.1, -0.05) is 0 Å². The Balaban J connectivity index is 2.76. The molecule has 0 aliphatic carbocycles. The number of thioether (sulfide) groups is 1. The molecule has 72 valence electrons. The molecule has 13 heavy (non-hydrogen) atoms. The summed E-state index contributed by atoms with van der Waals surface area (Å²) >= 11 is 2.46. The van der Waals surface area contributed by atoms with E-state index in [2.05, 4.69) is 18.1 Å². The number of allylic oxidation sites excluding steroid dienone is 1. The van der Waals surface area contributed by atoms with Crippen LogP contribution in [0.1, 0.15) is 20.3 Å². The molecule has 0 unspecified atom stereocenters. The van der Waals surface area contributed by atoms with Gasteiger partial charge in [0, 0.05) is 0 Å². The van der Waals surface area contributed by atoms with Gasteiger partial charge in [-0.3, -0.25) is 0 Å². The van der Waals surface area contributed by atoms with E-state index in [4.69, 9.17) is 0 Å². The fraction of sp³-hybridized carbons (Fsp3) is 0.600. The van der Waals surface area contributed by atoms with Crippen LogP contribution in [0.4, 0.5) is 0 Å². The Labute approximate surface area is 90.5 Å². The average Bonchev–Trinajstić information content (AvgIpc) is 2.46. The summed E-state index contributed by atoms with van der Waals surface area (Å²) in [5.74, 6) is 5.97. The summed E-state index contributed by atoms with van der Waals surface area (Å²) in [6, 6.07) is 0. The van der Waals surface area contributed by atoms with Gasteiger partial charge in [0.15, 0.2) is 0 Å². The molecule has 3 heteroatoms. The zero-order valence-corrected chi connectivity index (χ0v) is 10.7. The van der Waals surface area contributed by atoms with Crippen LogP contribution >= 0.6 is 11.8 Å². The molecule has 0 aromatic rings. The van der Waals surface area contributed by atoms with E-state index in [1.807, 2.05) is 11.8 Å². The predicted octanol–water partition coefficient (Wildman–Crippen LogP) is 1.86. The van der Waals surface area contributed by atoms with Crippen LogP contribution in [0.3, 0.4) is 0 Å². The van der Waals surface area contributed by atoms with E-state index in [0.717, 1.165) is 6.42 Å². The van der Waals surface area contributed by atoms with Gasteiger partial charge in [0.1, 0.15) is 0 Å². The first kappa shape index (κ1) is 11.2. The maximum atomic E-state index is 9.44. The summed E-state index contributed by atoms with van der Waals surface area (Å²) in [7, 11) is 0. The Bertz CT molecular complexity index is 278. The molecule has 1 rings (SSSR count). The van der Waals surface area contributed by atoms with Crippen LogP contribution in [0.5, 0.6) is 0 Å². The van der Waals surface area contributed by atoms with E-state index >= 15 is 0 Å². The standard InChI is InChI=1S/C10H14OSSe/c1-10(2,11)6-4-8-5-7-13-9(8)12-3/h11H,5,7H2,1-3H3. The molecular formula is C10H14OSSe. The summed E-state index contributed by atoms with van der Waals surface area (Å²) in [6.45, 7) is 3.44. The molecule has 1 aliphatic rings. The zero-order valence-electron chi connectivity index (χ0n) is 8.18. The molecule has 1 aliphatic heterocycles. The van der Waals surface area contributed by atoms with Crippen molar-refractivity contribution in [2.75, 3.05) is 6.26 Å². The van der Waals surface area contributed by atoms with E-state index in [1.165, 1.54) is 14.7 Å². The molecule has 0 saturated heterocycles. The van der Waals surface area contributed by atoms with Crippen molar-refractivity contribution in [3.63, 3.8) is 0 Å². The Morgan fingerprint density at radius 1 is 1.54 bits per heavy atom. The van der Waals surface area contributed by atoms with Crippen molar-refractivity contribution in [2.24, 2.45) is 0 Å². The van der Waals surface area contributed by atoms with Gasteiger partial charge < -0.3 is 0 Å². The van der Waals surface area contributed by atoms with E-state index in [1.54, 1.807) is 13.8 Å². The topological polar surface area (TPSA) is 20.2 Å². The quantitative estimate of drug-likeness (QED) is 0.574. The minimum atomic E-state index is -0.855. The first-order valence-corrected chi connectivity index (χ1v) is 7.47. The molecular weight excluding hydrogens is 247 g/mol. The minimum absolute atomic E-state index is 0.642. The summed E-state index contributed by atoms with van der Waals surface area (Å²) in [5, 5.41) is 10.7. The first-order valence-electron chi connectivity index (χ1n) is 4.18. The number of aliphatic hydroxyl groups is 1. The van der Waals surface area contributed by atoms with Crippen molar-refractivity contribution in [1.82, 2.24) is 0 Å². The summed E-state index contributed by atoms with van der Waals surface area (Å²) < 4.78 is 1.46. The van der Waals surface area contributed by atoms with Gasteiger partial charge in [0.05, 0.1) is 0 Å². The molecule has 0 bridgehead atoms. The fourth-order valence-corrected chi connectivity index (χ4v) is 4.37. The van der Waals surface area contributed by atoms with Gasteiger partial charge >= 0.3 is 90.5 Å². The van der Waals surface area contributed by atoms with Crippen molar-refractivity contribution in [3.05, 3.63) is 9.38 Å². The third-order valence-corrected chi connectivity index (χ3v) is 5.74. The van der Waals surface area contributed by atoms with Gasteiger partial charge in [-0.15, -0.1) is 0 Å². The first-order chi connectivity index (χ1) is 6.03. The zero-order chi connectivity index (χ0) is 9.90. The second-order valence-electron chi connectivity index (χ2n) is 3.38. The van der Waals surface area contributed by atoms with E-state index in [9.17, 15) is 5.11 Å². The molecule has 0 fully saturated rings. The van der Waals surface area contributed by atoms with Gasteiger partial charge in [-0.05, 0) is 0 Å². The number of hydrogen-bond acceptors (Lipinski definition) is 2. The third-order valence-electron chi connectivity index (χ3n) is 1.54. The predicted molar refractivity (Wildman–Crippen MR) is 59.8 cm³/mol. The van der Waals surface area contributed by atoms with Crippen molar-refractivity contribution in [1.29, 1.82) is 0 Å². The molecule has 1 nitrogen and oxygen atoms in total. The van der Waals surface area contributed by atoms with Crippen LogP contribution < -0.4 is 0 Å². The van der Waals surface area contributed by atoms with E-state index in [-0.39, 0.29) is 0 Å². The monoisotopic (exact) mass is 262 g/mol. The Morgan fingerprint density at radius 3 is 2.77 bits per heavy atom. The van der Waals surface area contributed by atoms with Crippen LogP contribution in [0, 0.1) is 11.8 Å². The molecule has 0 amide bonds. The molecule has 0 aromatic heterocycles. The summed E-state index contributed by atoms with van der Waals surface area (Å²) in [5.41, 5.74) is 0.404. The Hall–Kier alpha value is 0.129. The average molecular weight is 261 g/mol. The molecule has 1 N–H and O–H groups in total. The Morgan fingerprint density at radius 2 is 2.23 bits per heavy atom. The summed E-state index contributed by atoms with van der Waals surface area (Å²) in [6.07, 6.45) is 3.22. The van der Waals surface area contributed by atoms with Gasteiger partial charge in [0.25, 0.3) is 0 Å². The molecule has 0 radical (unpaired) electrons. The second kappa shape index (κ2) is 4.57. The maximum absolute atomic E-state index is 9.44. The number of rotatable bonds is 1. The SMILES string of the molecule is CSC1=C(C#CC(C)(C)O)CC[Se]1. The normalized spacial score (nSPS) is 17.2. The molecule has 0 aromatic carbocycles. The van der Waals surface area contributed by atoms with Crippen LogP contribution in [0.2, 0.25) is 5.32 Å². The van der Waals surface area contributed by atoms with Crippen molar-refractivity contribution in [2.45, 2.75) is 31.2 Å². The third kappa shape index (κ3) is 3.79. The summed E-state index contributed by atoms with van der Waals surface area (Å²) in [4.78, 5) is 0. The van der Waals surface area contributed by atoms with E-state index < -0.39 is 5.60 Å². The molecule has 0 saturated carbocycles. The van der Waals surface area contributed by atoms with Crippen LogP contribution in [-0.4, -0.2) is 31.9 Å². The van der Waals surface area contributed by atoms with Crippen LogP contribution in [-0.2, 0) is 0 Å². The molecule has 0 spiro atoms. The van der Waals surface area contributed by atoms with Crippen LogP contribution in [0.15, 0.2) is 9.38 Å². The van der Waals surface area contributed by atoms with Gasteiger partial charge in [0.2, 0.25) is 0 Å². The van der Waals surface area contributed by atoms with Crippen molar-refractivity contribution in [3.8, 4) is 11.8 Å². The number of hydrogen-bond donors (Lipinski definition) is 1. The van der Waals surface area contributed by atoms with E-state index in [0.29, 0.717) is 15.0 Å². The van der Waals surface area contributed by atoms with Crippen molar-refractivity contribution < 1.29 is 5.11 Å². The Kier molecular flexibility index (Phi) is 3.94. The van der Waals surface area contributed by atoms with Crippen LogP contribution in [0.25, 0.3) is 0 Å². The molecule has 0 atom stereocenters. The van der Waals surface area contributed by atoms with Gasteiger partial charge in [-0.25, -0.2) is 0 Å². The van der Waals surface area contributed by atoms with Crippen molar-refractivity contribution >= 4 is 26.7 Å². The fourth-order valence-electron chi connectivity index (χ4n) is 0.959. The second-order valence-corrected chi connectivity index (χ2v) is 7.10. The molecule has 1 heterocycles.